The number of hydrogen-bond acceptors (Lipinski definition) is 1. The molecule has 0 aromatic rings. The van der Waals surface area contributed by atoms with Gasteiger partial charge in [-0.05, 0) is 30.6 Å². The minimum Gasteiger partial charge on any atom is -0.199 e. The van der Waals surface area contributed by atoms with E-state index in [9.17, 15) is 0 Å². The Morgan fingerprint density at radius 3 is 2.18 bits per heavy atom. The number of hydrogen-bond donors (Lipinski definition) is 0. The second-order valence-corrected chi connectivity index (χ2v) is 3.48. The highest BCUT2D eigenvalue weighted by atomic mass is 14.4. The molecule has 60 valence electrons. The molecule has 2 aliphatic carbocycles. The van der Waals surface area contributed by atoms with E-state index < -0.39 is 0 Å². The summed E-state index contributed by atoms with van der Waals surface area (Å²) < 4.78 is 0. The molecule has 0 heterocycles. The standard InChI is InChI=1S/C8H12.C2H3N/c1-6-4-7-2-3-8(6)5-7;1-2-3/h2-3,6-8H,4-5H2,1H3;1H3. The van der Waals surface area contributed by atoms with Gasteiger partial charge in [0, 0.05) is 6.92 Å². The predicted octanol–water partition coefficient (Wildman–Crippen LogP) is 2.75. The highest BCUT2D eigenvalue weighted by Crippen LogP contribution is 2.42. The average Bonchev–Trinajstić information content (AvgIpc) is 2.48. The summed E-state index contributed by atoms with van der Waals surface area (Å²) >= 11 is 0. The molecule has 0 amide bonds. The molecule has 1 fully saturated rings. The topological polar surface area (TPSA) is 23.8 Å². The number of fused-ring (bicyclic) bond motifs is 2. The molecule has 0 spiro atoms. The van der Waals surface area contributed by atoms with E-state index in [0.717, 1.165) is 17.8 Å². The molecular formula is C10H15N. The van der Waals surface area contributed by atoms with Crippen LogP contribution < -0.4 is 0 Å². The largest absolute Gasteiger partial charge is 0.199 e. The van der Waals surface area contributed by atoms with E-state index in [2.05, 4.69) is 19.1 Å². The van der Waals surface area contributed by atoms with Crippen LogP contribution in [-0.2, 0) is 0 Å². The summed E-state index contributed by atoms with van der Waals surface area (Å²) in [7, 11) is 0. The van der Waals surface area contributed by atoms with Gasteiger partial charge in [0.1, 0.15) is 0 Å². The van der Waals surface area contributed by atoms with Crippen LogP contribution in [0.2, 0.25) is 0 Å². The highest BCUT2D eigenvalue weighted by molar-refractivity contribution is 5.08. The van der Waals surface area contributed by atoms with Gasteiger partial charge >= 0.3 is 0 Å². The van der Waals surface area contributed by atoms with Crippen molar-refractivity contribution in [1.29, 1.82) is 5.26 Å². The minimum atomic E-state index is 0.958. The number of allylic oxidation sites excluding steroid dienone is 2. The Morgan fingerprint density at radius 1 is 1.36 bits per heavy atom. The lowest BCUT2D eigenvalue weighted by atomic mass is 9.96. The maximum atomic E-state index is 7.32. The number of nitrogens with zero attached hydrogens (tertiary/aromatic N) is 1. The molecule has 1 heteroatoms. The van der Waals surface area contributed by atoms with Gasteiger partial charge in [-0.2, -0.15) is 5.26 Å². The summed E-state index contributed by atoms with van der Waals surface area (Å²) in [5.74, 6) is 2.92. The van der Waals surface area contributed by atoms with E-state index >= 15 is 0 Å². The SMILES string of the molecule is CC#N.CC1CC2C=CC1C2. The van der Waals surface area contributed by atoms with Gasteiger partial charge in [0.15, 0.2) is 0 Å². The minimum absolute atomic E-state index is 0.958. The molecule has 3 unspecified atom stereocenters. The highest BCUT2D eigenvalue weighted by Gasteiger charge is 2.32. The monoisotopic (exact) mass is 149 g/mol. The Kier molecular flexibility index (Phi) is 2.70. The van der Waals surface area contributed by atoms with Gasteiger partial charge in [0.05, 0.1) is 6.07 Å². The molecular weight excluding hydrogens is 134 g/mol. The molecule has 2 aliphatic rings. The summed E-state index contributed by atoms with van der Waals surface area (Å²) in [5.41, 5.74) is 0. The molecule has 0 aromatic carbocycles. The fourth-order valence-corrected chi connectivity index (χ4v) is 2.06. The maximum absolute atomic E-state index is 7.32. The van der Waals surface area contributed by atoms with Crippen molar-refractivity contribution in [3.05, 3.63) is 12.2 Å². The lowest BCUT2D eigenvalue weighted by molar-refractivity contribution is 0.493. The van der Waals surface area contributed by atoms with Gasteiger partial charge in [0.2, 0.25) is 0 Å². The second-order valence-electron chi connectivity index (χ2n) is 3.48. The summed E-state index contributed by atoms with van der Waals surface area (Å²) in [5, 5.41) is 7.32. The van der Waals surface area contributed by atoms with Crippen LogP contribution in [-0.4, -0.2) is 0 Å². The summed E-state index contributed by atoms with van der Waals surface area (Å²) in [4.78, 5) is 0. The third kappa shape index (κ3) is 1.83. The molecule has 2 rings (SSSR count). The van der Waals surface area contributed by atoms with E-state index in [-0.39, 0.29) is 0 Å². The third-order valence-electron chi connectivity index (χ3n) is 2.61. The lowest BCUT2D eigenvalue weighted by Gasteiger charge is -2.09. The Morgan fingerprint density at radius 2 is 2.00 bits per heavy atom. The molecule has 1 nitrogen and oxygen atoms in total. The van der Waals surface area contributed by atoms with E-state index in [1.165, 1.54) is 19.8 Å². The Labute approximate surface area is 68.7 Å². The van der Waals surface area contributed by atoms with Crippen LogP contribution >= 0.6 is 0 Å². The van der Waals surface area contributed by atoms with E-state index in [1.807, 2.05) is 0 Å². The third-order valence-corrected chi connectivity index (χ3v) is 2.61. The molecule has 0 aliphatic heterocycles. The average molecular weight is 149 g/mol. The van der Waals surface area contributed by atoms with Crippen molar-refractivity contribution in [3.63, 3.8) is 0 Å². The lowest BCUT2D eigenvalue weighted by Crippen LogP contribution is -1.99. The molecule has 11 heavy (non-hydrogen) atoms. The Bertz CT molecular complexity index is 188. The van der Waals surface area contributed by atoms with Gasteiger partial charge in [-0.25, -0.2) is 0 Å². The molecule has 1 saturated carbocycles. The van der Waals surface area contributed by atoms with E-state index in [1.54, 1.807) is 6.07 Å². The van der Waals surface area contributed by atoms with Crippen molar-refractivity contribution >= 4 is 0 Å². The molecule has 0 radical (unpaired) electrons. The Hall–Kier alpha value is -0.770. The predicted molar refractivity (Wildman–Crippen MR) is 45.8 cm³/mol. The van der Waals surface area contributed by atoms with Crippen LogP contribution in [0.5, 0.6) is 0 Å². The van der Waals surface area contributed by atoms with Crippen molar-refractivity contribution < 1.29 is 0 Å². The zero-order valence-corrected chi connectivity index (χ0v) is 7.25. The van der Waals surface area contributed by atoms with Crippen molar-refractivity contribution in [1.82, 2.24) is 0 Å². The second kappa shape index (κ2) is 3.57. The van der Waals surface area contributed by atoms with Crippen molar-refractivity contribution in [2.24, 2.45) is 17.8 Å². The summed E-state index contributed by atoms with van der Waals surface area (Å²) in [6, 6.07) is 1.75. The molecule has 0 N–H and O–H groups in total. The van der Waals surface area contributed by atoms with Crippen LogP contribution in [0.15, 0.2) is 12.2 Å². The van der Waals surface area contributed by atoms with Gasteiger partial charge < -0.3 is 0 Å². The fraction of sp³-hybridized carbons (Fsp3) is 0.700. The molecule has 2 bridgehead atoms. The van der Waals surface area contributed by atoms with Crippen LogP contribution in [0.4, 0.5) is 0 Å². The first-order valence-corrected chi connectivity index (χ1v) is 4.27. The van der Waals surface area contributed by atoms with Crippen molar-refractivity contribution in [3.8, 4) is 6.07 Å². The van der Waals surface area contributed by atoms with Crippen LogP contribution in [0.25, 0.3) is 0 Å². The van der Waals surface area contributed by atoms with Crippen LogP contribution in [0.3, 0.4) is 0 Å². The van der Waals surface area contributed by atoms with Crippen LogP contribution in [0, 0.1) is 29.1 Å². The van der Waals surface area contributed by atoms with Crippen molar-refractivity contribution in [2.45, 2.75) is 26.7 Å². The van der Waals surface area contributed by atoms with E-state index in [4.69, 9.17) is 5.26 Å². The normalized spacial score (nSPS) is 37.7. The molecule has 3 atom stereocenters. The van der Waals surface area contributed by atoms with E-state index in [0.29, 0.717) is 0 Å². The Balaban J connectivity index is 0.000000179. The van der Waals surface area contributed by atoms with Crippen LogP contribution in [0.1, 0.15) is 26.7 Å². The number of rotatable bonds is 0. The zero-order chi connectivity index (χ0) is 8.27. The maximum Gasteiger partial charge on any atom is 0.0587 e. The van der Waals surface area contributed by atoms with Gasteiger partial charge in [-0.3, -0.25) is 0 Å². The quantitative estimate of drug-likeness (QED) is 0.486. The summed E-state index contributed by atoms with van der Waals surface area (Å²) in [6.45, 7) is 3.80. The van der Waals surface area contributed by atoms with Gasteiger partial charge in [-0.15, -0.1) is 0 Å². The first-order valence-electron chi connectivity index (χ1n) is 4.27. The van der Waals surface area contributed by atoms with Crippen molar-refractivity contribution in [2.75, 3.05) is 0 Å². The fourth-order valence-electron chi connectivity index (χ4n) is 2.06. The first kappa shape index (κ1) is 8.33. The van der Waals surface area contributed by atoms with Gasteiger partial charge in [0.25, 0.3) is 0 Å². The summed E-state index contributed by atoms with van der Waals surface area (Å²) in [6.07, 6.45) is 7.71. The molecule has 0 aromatic heterocycles. The smallest absolute Gasteiger partial charge is 0.0587 e. The first-order chi connectivity index (χ1) is 5.27. The van der Waals surface area contributed by atoms with Gasteiger partial charge in [-0.1, -0.05) is 19.1 Å². The zero-order valence-electron chi connectivity index (χ0n) is 7.25. The number of nitriles is 1. The molecule has 0 saturated heterocycles.